The van der Waals surface area contributed by atoms with Crippen LogP contribution < -0.4 is 15.5 Å². The zero-order valence-corrected chi connectivity index (χ0v) is 19.3. The lowest BCUT2D eigenvalue weighted by Gasteiger charge is -2.36. The zero-order valence-electron chi connectivity index (χ0n) is 16.1. The highest BCUT2D eigenvalue weighted by Gasteiger charge is 2.21. The molecule has 152 valence electrons. The summed E-state index contributed by atoms with van der Waals surface area (Å²) >= 11 is 1.67. The van der Waals surface area contributed by atoms with E-state index in [0.29, 0.717) is 12.5 Å². The van der Waals surface area contributed by atoms with Gasteiger partial charge in [0.1, 0.15) is 0 Å². The smallest absolute Gasteiger partial charge is 0.242 e. The van der Waals surface area contributed by atoms with Crippen LogP contribution in [0.1, 0.15) is 12.5 Å². The molecule has 2 heterocycles. The normalized spacial score (nSPS) is 14.4. The van der Waals surface area contributed by atoms with Gasteiger partial charge in [0, 0.05) is 38.4 Å². The van der Waals surface area contributed by atoms with Crippen LogP contribution in [-0.4, -0.2) is 56.0 Å². The molecule has 2 aromatic rings. The molecule has 0 aliphatic carbocycles. The molecule has 0 saturated carbocycles. The maximum atomic E-state index is 12.5. The summed E-state index contributed by atoms with van der Waals surface area (Å²) in [4.78, 5) is 21.3. The van der Waals surface area contributed by atoms with Crippen molar-refractivity contribution in [3.63, 3.8) is 0 Å². The molecular formula is C20H28IN5OS. The predicted octanol–water partition coefficient (Wildman–Crippen LogP) is 2.77. The van der Waals surface area contributed by atoms with Gasteiger partial charge in [-0.05, 0) is 41.4 Å². The third kappa shape index (κ3) is 6.66. The zero-order chi connectivity index (χ0) is 18.9. The van der Waals surface area contributed by atoms with Crippen LogP contribution in [0.4, 0.5) is 5.69 Å². The molecule has 2 N–H and O–H groups in total. The monoisotopic (exact) mass is 513 g/mol. The Balaban J connectivity index is 0.00000280. The highest BCUT2D eigenvalue weighted by Crippen LogP contribution is 2.15. The Morgan fingerprint density at radius 3 is 2.50 bits per heavy atom. The van der Waals surface area contributed by atoms with Crippen molar-refractivity contribution in [2.75, 3.05) is 44.2 Å². The maximum Gasteiger partial charge on any atom is 0.242 e. The van der Waals surface area contributed by atoms with Gasteiger partial charge in [0.15, 0.2) is 5.96 Å². The van der Waals surface area contributed by atoms with Crippen molar-refractivity contribution in [2.45, 2.75) is 13.5 Å². The molecule has 0 bridgehead atoms. The van der Waals surface area contributed by atoms with Gasteiger partial charge in [-0.25, -0.2) is 4.99 Å². The second-order valence-electron chi connectivity index (χ2n) is 6.38. The quantitative estimate of drug-likeness (QED) is 0.355. The lowest BCUT2D eigenvalue weighted by Crippen LogP contribution is -2.52. The van der Waals surface area contributed by atoms with Gasteiger partial charge in [-0.3, -0.25) is 4.79 Å². The van der Waals surface area contributed by atoms with Crippen LogP contribution in [0.5, 0.6) is 0 Å². The largest absolute Gasteiger partial charge is 0.368 e. The van der Waals surface area contributed by atoms with Gasteiger partial charge in [-0.1, -0.05) is 18.2 Å². The fourth-order valence-corrected chi connectivity index (χ4v) is 3.68. The summed E-state index contributed by atoms with van der Waals surface area (Å²) in [6.07, 6.45) is 0. The number of benzene rings is 1. The average Bonchev–Trinajstić information content (AvgIpc) is 3.24. The van der Waals surface area contributed by atoms with Crippen LogP contribution in [0, 0.1) is 0 Å². The molecule has 0 spiro atoms. The maximum absolute atomic E-state index is 12.5. The number of rotatable bonds is 6. The van der Waals surface area contributed by atoms with Crippen LogP contribution in [0.25, 0.3) is 0 Å². The van der Waals surface area contributed by atoms with Crippen molar-refractivity contribution in [3.05, 3.63) is 52.7 Å². The van der Waals surface area contributed by atoms with Gasteiger partial charge < -0.3 is 20.4 Å². The fourth-order valence-electron chi connectivity index (χ4n) is 3.02. The van der Waals surface area contributed by atoms with E-state index >= 15 is 0 Å². The van der Waals surface area contributed by atoms with Crippen LogP contribution >= 0.6 is 35.3 Å². The van der Waals surface area contributed by atoms with Crippen molar-refractivity contribution < 1.29 is 4.79 Å². The minimum Gasteiger partial charge on any atom is -0.368 e. The first kappa shape index (κ1) is 22.5. The van der Waals surface area contributed by atoms with Gasteiger partial charge in [0.05, 0.1) is 13.1 Å². The van der Waals surface area contributed by atoms with Crippen LogP contribution in [-0.2, 0) is 11.3 Å². The fraction of sp³-hybridized carbons (Fsp3) is 0.400. The third-order valence-electron chi connectivity index (χ3n) is 4.50. The van der Waals surface area contributed by atoms with E-state index in [1.807, 2.05) is 23.3 Å². The molecule has 8 heteroatoms. The molecule has 0 radical (unpaired) electrons. The van der Waals surface area contributed by atoms with E-state index in [0.717, 1.165) is 32.7 Å². The molecule has 28 heavy (non-hydrogen) atoms. The lowest BCUT2D eigenvalue weighted by molar-refractivity contribution is -0.130. The first-order valence-electron chi connectivity index (χ1n) is 9.37. The summed E-state index contributed by atoms with van der Waals surface area (Å²) in [7, 11) is 0. The second-order valence-corrected chi connectivity index (χ2v) is 7.16. The molecule has 1 aromatic heterocycles. The van der Waals surface area contributed by atoms with Gasteiger partial charge in [0.2, 0.25) is 5.91 Å². The van der Waals surface area contributed by atoms with Gasteiger partial charge in [0.25, 0.3) is 0 Å². The van der Waals surface area contributed by atoms with E-state index in [9.17, 15) is 4.79 Å². The molecular weight excluding hydrogens is 485 g/mol. The number of halogens is 1. The van der Waals surface area contributed by atoms with Crippen LogP contribution in [0.15, 0.2) is 52.2 Å². The number of hydrogen-bond donors (Lipinski definition) is 2. The molecule has 1 aliphatic rings. The van der Waals surface area contributed by atoms with E-state index in [1.165, 1.54) is 11.3 Å². The van der Waals surface area contributed by atoms with Crippen molar-refractivity contribution in [1.82, 2.24) is 15.5 Å². The number of piperazine rings is 1. The van der Waals surface area contributed by atoms with E-state index in [-0.39, 0.29) is 36.4 Å². The number of carbonyl (C=O) groups is 1. The SMILES string of the molecule is CCNC(=NCc1ccsc1)NCC(=O)N1CCN(c2ccccc2)CC1.I. The topological polar surface area (TPSA) is 60.0 Å². The Kier molecular flexibility index (Phi) is 9.56. The van der Waals surface area contributed by atoms with Crippen molar-refractivity contribution >= 4 is 52.9 Å². The number of thiophene rings is 1. The number of anilines is 1. The van der Waals surface area contributed by atoms with E-state index < -0.39 is 0 Å². The average molecular weight is 513 g/mol. The first-order chi connectivity index (χ1) is 13.3. The number of carbonyl (C=O) groups excluding carboxylic acids is 1. The van der Waals surface area contributed by atoms with E-state index in [4.69, 9.17) is 0 Å². The Morgan fingerprint density at radius 1 is 1.11 bits per heavy atom. The standard InChI is InChI=1S/C20H27N5OS.HI/c1-2-21-20(22-14-17-8-13-27-16-17)23-15-19(26)25-11-9-24(10-12-25)18-6-4-3-5-7-18;/h3-8,13,16H,2,9-12,14-15H2,1H3,(H2,21,22,23);1H. The molecule has 6 nitrogen and oxygen atoms in total. The number of nitrogens with zero attached hydrogens (tertiary/aromatic N) is 3. The minimum atomic E-state index is 0. The summed E-state index contributed by atoms with van der Waals surface area (Å²) in [5.74, 6) is 0.795. The molecule has 1 saturated heterocycles. The predicted molar refractivity (Wildman–Crippen MR) is 128 cm³/mol. The summed E-state index contributed by atoms with van der Waals surface area (Å²) < 4.78 is 0. The molecule has 1 aromatic carbocycles. The first-order valence-corrected chi connectivity index (χ1v) is 10.3. The molecule has 0 atom stereocenters. The molecule has 1 amide bonds. The van der Waals surface area contributed by atoms with Gasteiger partial charge in [-0.15, -0.1) is 24.0 Å². The minimum absolute atomic E-state index is 0. The number of amides is 1. The highest BCUT2D eigenvalue weighted by molar-refractivity contribution is 14.0. The summed E-state index contributed by atoms with van der Waals surface area (Å²) in [5, 5.41) is 10.5. The second kappa shape index (κ2) is 11.9. The Morgan fingerprint density at radius 2 is 1.86 bits per heavy atom. The van der Waals surface area contributed by atoms with Gasteiger partial charge >= 0.3 is 0 Å². The number of aliphatic imine (C=N–C) groups is 1. The third-order valence-corrected chi connectivity index (χ3v) is 5.24. The summed E-state index contributed by atoms with van der Waals surface area (Å²) in [5.41, 5.74) is 2.40. The molecule has 0 unspecified atom stereocenters. The number of nitrogens with one attached hydrogen (secondary N) is 2. The Hall–Kier alpha value is -1.81. The Bertz CT molecular complexity index is 730. The summed E-state index contributed by atoms with van der Waals surface area (Å²) in [6.45, 7) is 6.88. The van der Waals surface area contributed by atoms with E-state index in [2.05, 4.69) is 56.2 Å². The number of hydrogen-bond acceptors (Lipinski definition) is 4. The van der Waals surface area contributed by atoms with Crippen molar-refractivity contribution in [2.24, 2.45) is 4.99 Å². The van der Waals surface area contributed by atoms with Crippen LogP contribution in [0.3, 0.4) is 0 Å². The molecule has 1 fully saturated rings. The lowest BCUT2D eigenvalue weighted by atomic mass is 10.2. The number of para-hydroxylation sites is 1. The van der Waals surface area contributed by atoms with Crippen molar-refractivity contribution in [1.29, 1.82) is 0 Å². The van der Waals surface area contributed by atoms with Gasteiger partial charge in [-0.2, -0.15) is 11.3 Å². The molecule has 3 rings (SSSR count). The van der Waals surface area contributed by atoms with Crippen LogP contribution in [0.2, 0.25) is 0 Å². The van der Waals surface area contributed by atoms with E-state index in [1.54, 1.807) is 11.3 Å². The number of guanidine groups is 1. The van der Waals surface area contributed by atoms with Crippen molar-refractivity contribution in [3.8, 4) is 0 Å². The highest BCUT2D eigenvalue weighted by atomic mass is 127. The summed E-state index contributed by atoms with van der Waals surface area (Å²) in [6, 6.07) is 12.4. The molecule has 1 aliphatic heterocycles. The Labute approximate surface area is 188 Å².